The molecule has 0 aliphatic heterocycles. The first-order chi connectivity index (χ1) is 11.3. The summed E-state index contributed by atoms with van der Waals surface area (Å²) in [6.07, 6.45) is 1.97. The maximum absolute atomic E-state index is 11.6. The van der Waals surface area contributed by atoms with Gasteiger partial charge in [0.05, 0.1) is 11.9 Å². The molecule has 0 bridgehead atoms. The predicted molar refractivity (Wildman–Crippen MR) is 91.7 cm³/mol. The zero-order valence-corrected chi connectivity index (χ0v) is 15.1. The van der Waals surface area contributed by atoms with E-state index in [1.54, 1.807) is 20.8 Å². The average Bonchev–Trinajstić information content (AvgIpc) is 3.27. The van der Waals surface area contributed by atoms with Gasteiger partial charge in [-0.15, -0.1) is 0 Å². The number of nitrogens with one attached hydrogen (secondary N) is 1. The lowest BCUT2D eigenvalue weighted by Crippen LogP contribution is -2.33. The molecule has 1 fully saturated rings. The first-order valence-electron chi connectivity index (χ1n) is 8.05. The van der Waals surface area contributed by atoms with E-state index in [0.29, 0.717) is 18.9 Å². The van der Waals surface area contributed by atoms with Gasteiger partial charge in [-0.2, -0.15) is 5.48 Å². The first kappa shape index (κ1) is 18.9. The second kappa shape index (κ2) is 8.09. The van der Waals surface area contributed by atoms with Crippen LogP contribution in [0.15, 0.2) is 24.3 Å². The van der Waals surface area contributed by atoms with Gasteiger partial charge in [-0.3, -0.25) is 4.84 Å². The number of amides is 1. The summed E-state index contributed by atoms with van der Waals surface area (Å²) in [4.78, 5) is 16.6. The van der Waals surface area contributed by atoms with Crippen molar-refractivity contribution in [3.8, 4) is 0 Å². The van der Waals surface area contributed by atoms with Crippen molar-refractivity contribution in [2.24, 2.45) is 5.92 Å². The van der Waals surface area contributed by atoms with E-state index in [1.807, 2.05) is 24.3 Å². The van der Waals surface area contributed by atoms with E-state index in [2.05, 4.69) is 5.48 Å². The molecule has 7 heteroatoms. The van der Waals surface area contributed by atoms with Gasteiger partial charge in [-0.1, -0.05) is 24.3 Å². The number of hydrogen-bond acceptors (Lipinski definition) is 4. The summed E-state index contributed by atoms with van der Waals surface area (Å²) in [6, 6.07) is 7.65. The second-order valence-corrected chi connectivity index (χ2v) is 8.04. The van der Waals surface area contributed by atoms with Gasteiger partial charge in [0.15, 0.2) is 11.1 Å². The van der Waals surface area contributed by atoms with Crippen molar-refractivity contribution >= 4 is 17.2 Å². The summed E-state index contributed by atoms with van der Waals surface area (Å²) in [7, 11) is 0. The van der Waals surface area contributed by atoms with Gasteiger partial charge in [0.2, 0.25) is 0 Å². The van der Waals surface area contributed by atoms with E-state index < -0.39 is 22.8 Å². The summed E-state index contributed by atoms with van der Waals surface area (Å²) in [5, 5.41) is -0.314. The van der Waals surface area contributed by atoms with Crippen LogP contribution in [0.4, 0.5) is 4.79 Å². The third kappa shape index (κ3) is 6.22. The van der Waals surface area contributed by atoms with Crippen LogP contribution >= 0.6 is 0 Å². The molecule has 24 heavy (non-hydrogen) atoms. The summed E-state index contributed by atoms with van der Waals surface area (Å²) in [5.41, 5.74) is 3.55. The Hall–Kier alpha value is -1.44. The summed E-state index contributed by atoms with van der Waals surface area (Å²) in [6.45, 7) is 5.62. The Kier molecular flexibility index (Phi) is 6.37. The van der Waals surface area contributed by atoms with Crippen LogP contribution in [0.3, 0.4) is 0 Å². The molecule has 0 heterocycles. The summed E-state index contributed by atoms with van der Waals surface area (Å²) < 4.78 is 26.2. The zero-order chi connectivity index (χ0) is 17.7. The standard InChI is InChI=1S/C17H25NO5S/c1-17(2,3)23-16(19)18-22-10-9-12-5-4-6-14(11-12)15(24(20)21)13-7-8-13/h4-6,11,13,15H,7-10H2,1-3H3,(H,18,19)(H,20,21)/t15-/m1/s1. The molecule has 2 atom stereocenters. The Morgan fingerprint density at radius 3 is 2.71 bits per heavy atom. The molecule has 134 valence electrons. The minimum absolute atomic E-state index is 0.291. The molecule has 0 spiro atoms. The van der Waals surface area contributed by atoms with Crippen LogP contribution in [0.2, 0.25) is 0 Å². The van der Waals surface area contributed by atoms with Crippen LogP contribution < -0.4 is 5.48 Å². The van der Waals surface area contributed by atoms with Gasteiger partial charge in [0, 0.05) is 0 Å². The van der Waals surface area contributed by atoms with Crippen LogP contribution in [0.1, 0.15) is 50.0 Å². The van der Waals surface area contributed by atoms with E-state index in [-0.39, 0.29) is 5.25 Å². The Morgan fingerprint density at radius 1 is 1.42 bits per heavy atom. The molecule has 1 amide bonds. The fourth-order valence-corrected chi connectivity index (χ4v) is 3.44. The lowest BCUT2D eigenvalue weighted by Gasteiger charge is -2.19. The average molecular weight is 355 g/mol. The zero-order valence-electron chi connectivity index (χ0n) is 14.3. The molecule has 1 aliphatic rings. The quantitative estimate of drug-likeness (QED) is 0.445. The molecule has 0 radical (unpaired) electrons. The van der Waals surface area contributed by atoms with Crippen molar-refractivity contribution in [2.45, 2.75) is 50.9 Å². The molecular formula is C17H25NO5S. The van der Waals surface area contributed by atoms with E-state index >= 15 is 0 Å². The first-order valence-corrected chi connectivity index (χ1v) is 9.22. The minimum atomic E-state index is -1.86. The molecule has 1 aromatic carbocycles. The number of hydroxylamine groups is 1. The summed E-state index contributed by atoms with van der Waals surface area (Å²) >= 11 is -1.86. The lowest BCUT2D eigenvalue weighted by atomic mass is 10.0. The van der Waals surface area contributed by atoms with Crippen LogP contribution in [-0.2, 0) is 27.1 Å². The van der Waals surface area contributed by atoms with Gasteiger partial charge in [-0.05, 0) is 57.1 Å². The van der Waals surface area contributed by atoms with E-state index in [9.17, 15) is 13.6 Å². The molecular weight excluding hydrogens is 330 g/mol. The third-order valence-electron chi connectivity index (χ3n) is 3.59. The van der Waals surface area contributed by atoms with Crippen LogP contribution in [0.5, 0.6) is 0 Å². The molecule has 6 nitrogen and oxygen atoms in total. The highest BCUT2D eigenvalue weighted by Crippen LogP contribution is 2.44. The van der Waals surface area contributed by atoms with Crippen molar-refractivity contribution in [1.29, 1.82) is 0 Å². The van der Waals surface area contributed by atoms with Crippen molar-refractivity contribution in [2.75, 3.05) is 6.61 Å². The van der Waals surface area contributed by atoms with Gasteiger partial charge in [-0.25, -0.2) is 9.00 Å². The number of carbonyl (C=O) groups is 1. The molecule has 0 aromatic heterocycles. The third-order valence-corrected chi connectivity index (χ3v) is 4.69. The molecule has 1 unspecified atom stereocenters. The second-order valence-electron chi connectivity index (χ2n) is 6.98. The highest BCUT2D eigenvalue weighted by molar-refractivity contribution is 7.79. The highest BCUT2D eigenvalue weighted by Gasteiger charge is 2.36. The van der Waals surface area contributed by atoms with Crippen molar-refractivity contribution in [3.63, 3.8) is 0 Å². The topological polar surface area (TPSA) is 84.9 Å². The monoisotopic (exact) mass is 355 g/mol. The molecule has 2 N–H and O–H groups in total. The molecule has 1 saturated carbocycles. The number of hydrogen-bond donors (Lipinski definition) is 2. The van der Waals surface area contributed by atoms with Gasteiger partial charge in [0.25, 0.3) is 0 Å². The smallest absolute Gasteiger partial charge is 0.431 e. The van der Waals surface area contributed by atoms with Crippen molar-refractivity contribution in [3.05, 3.63) is 35.4 Å². The normalized spacial score (nSPS) is 17.2. The van der Waals surface area contributed by atoms with E-state index in [1.165, 1.54) is 0 Å². The molecule has 0 saturated heterocycles. The molecule has 1 aromatic rings. The Morgan fingerprint density at radius 2 is 2.12 bits per heavy atom. The van der Waals surface area contributed by atoms with E-state index in [4.69, 9.17) is 9.57 Å². The van der Waals surface area contributed by atoms with Crippen LogP contribution in [0.25, 0.3) is 0 Å². The SMILES string of the molecule is CC(C)(C)OC(=O)NOCCc1cccc([C@@H](C2CC2)S(=O)O)c1. The molecule has 1 aliphatic carbocycles. The van der Waals surface area contributed by atoms with E-state index in [0.717, 1.165) is 24.0 Å². The highest BCUT2D eigenvalue weighted by atomic mass is 32.2. The Balaban J connectivity index is 1.82. The predicted octanol–water partition coefficient (Wildman–Crippen LogP) is 3.36. The maximum atomic E-state index is 11.6. The van der Waals surface area contributed by atoms with Crippen LogP contribution in [0, 0.1) is 5.92 Å². The van der Waals surface area contributed by atoms with Crippen LogP contribution in [-0.4, -0.2) is 27.1 Å². The fraction of sp³-hybridized carbons (Fsp3) is 0.588. The van der Waals surface area contributed by atoms with Crippen molar-refractivity contribution < 1.29 is 23.1 Å². The Labute approximate surface area is 145 Å². The number of ether oxygens (including phenoxy) is 1. The number of carbonyl (C=O) groups excluding carboxylic acids is 1. The Bertz CT molecular complexity index is 595. The summed E-state index contributed by atoms with van der Waals surface area (Å²) in [5.74, 6) is 0.302. The number of rotatable bonds is 7. The molecule has 2 rings (SSSR count). The minimum Gasteiger partial charge on any atom is -0.442 e. The lowest BCUT2D eigenvalue weighted by molar-refractivity contribution is -0.00686. The number of benzene rings is 1. The van der Waals surface area contributed by atoms with Gasteiger partial charge >= 0.3 is 6.09 Å². The van der Waals surface area contributed by atoms with Gasteiger partial charge < -0.3 is 9.29 Å². The van der Waals surface area contributed by atoms with Crippen molar-refractivity contribution in [1.82, 2.24) is 5.48 Å². The fourth-order valence-electron chi connectivity index (χ4n) is 2.46. The van der Waals surface area contributed by atoms with Gasteiger partial charge in [0.1, 0.15) is 5.60 Å². The largest absolute Gasteiger partial charge is 0.442 e. The maximum Gasteiger partial charge on any atom is 0.431 e.